The van der Waals surface area contributed by atoms with E-state index in [-0.39, 0.29) is 12.5 Å². The Bertz CT molecular complexity index is 1140. The first kappa shape index (κ1) is 21.1. The number of aliphatic hydroxyl groups is 1. The predicted octanol–water partition coefficient (Wildman–Crippen LogP) is 1.99. The van der Waals surface area contributed by atoms with Crippen molar-refractivity contribution in [3.8, 4) is 0 Å². The van der Waals surface area contributed by atoms with Crippen LogP contribution in [0.1, 0.15) is 23.6 Å². The second-order valence-corrected chi connectivity index (χ2v) is 9.32. The van der Waals surface area contributed by atoms with E-state index in [9.17, 15) is 19.5 Å². The number of carbonyl (C=O) groups excluding carboxylic acids is 3. The summed E-state index contributed by atoms with van der Waals surface area (Å²) < 4.78 is 0. The molecule has 2 aromatic rings. The van der Waals surface area contributed by atoms with Gasteiger partial charge in [0.1, 0.15) is 5.54 Å². The molecule has 0 unspecified atom stereocenters. The second kappa shape index (κ2) is 7.40. The molecule has 3 heterocycles. The number of aliphatic hydroxyl groups excluding tert-OH is 1. The fourth-order valence-electron chi connectivity index (χ4n) is 5.50. The molecule has 166 valence electrons. The summed E-state index contributed by atoms with van der Waals surface area (Å²) in [6.45, 7) is 3.64. The third-order valence-electron chi connectivity index (χ3n) is 6.93. The molecule has 1 spiro atoms. The van der Waals surface area contributed by atoms with Gasteiger partial charge < -0.3 is 10.4 Å². The minimum Gasteiger partial charge on any atom is -0.392 e. The second-order valence-electron chi connectivity index (χ2n) is 8.91. The molecule has 2 aromatic carbocycles. The predicted molar refractivity (Wildman–Crippen MR) is 119 cm³/mol. The maximum atomic E-state index is 13.6. The van der Waals surface area contributed by atoms with Gasteiger partial charge in [0.05, 0.1) is 28.6 Å². The lowest BCUT2D eigenvalue weighted by atomic mass is 9.76. The van der Waals surface area contributed by atoms with Gasteiger partial charge in [0.2, 0.25) is 17.7 Å². The fourth-order valence-corrected chi connectivity index (χ4v) is 5.83. The minimum absolute atomic E-state index is 0.223. The average molecular weight is 454 g/mol. The number of anilines is 1. The molecule has 0 bridgehead atoms. The van der Waals surface area contributed by atoms with E-state index >= 15 is 0 Å². The summed E-state index contributed by atoms with van der Waals surface area (Å²) in [7, 11) is 0. The lowest BCUT2D eigenvalue weighted by molar-refractivity contribution is -0.143. The maximum Gasteiger partial charge on any atom is 0.250 e. The fraction of sp³-hybridized carbons (Fsp3) is 0.375. The normalized spacial score (nSPS) is 29.4. The van der Waals surface area contributed by atoms with E-state index in [0.29, 0.717) is 22.7 Å². The molecule has 5 rings (SSSR count). The lowest BCUT2D eigenvalue weighted by Gasteiger charge is -2.30. The molecular formula is C24H24ClN3O4. The van der Waals surface area contributed by atoms with Gasteiger partial charge in [-0.15, -0.1) is 0 Å². The Balaban J connectivity index is 1.58. The van der Waals surface area contributed by atoms with Crippen LogP contribution in [0.5, 0.6) is 0 Å². The summed E-state index contributed by atoms with van der Waals surface area (Å²) >= 11 is 6.40. The Labute approximate surface area is 190 Å². The number of rotatable bonds is 4. The van der Waals surface area contributed by atoms with Crippen LogP contribution in [0.2, 0.25) is 5.02 Å². The van der Waals surface area contributed by atoms with Gasteiger partial charge in [0.25, 0.3) is 0 Å². The summed E-state index contributed by atoms with van der Waals surface area (Å²) in [6.07, 6.45) is -0.421. The lowest BCUT2D eigenvalue weighted by Crippen LogP contribution is -2.55. The number of fused-ring (bicyclic) bond motifs is 4. The van der Waals surface area contributed by atoms with Crippen LogP contribution >= 0.6 is 11.6 Å². The monoisotopic (exact) mass is 453 g/mol. The number of hydrogen-bond acceptors (Lipinski definition) is 5. The first-order valence-electron chi connectivity index (χ1n) is 10.7. The van der Waals surface area contributed by atoms with E-state index in [1.807, 2.05) is 43.3 Å². The molecule has 0 aromatic heterocycles. The van der Waals surface area contributed by atoms with E-state index < -0.39 is 41.3 Å². The highest BCUT2D eigenvalue weighted by atomic mass is 35.5. The number of benzene rings is 2. The van der Waals surface area contributed by atoms with Crippen LogP contribution in [-0.2, 0) is 26.3 Å². The van der Waals surface area contributed by atoms with E-state index in [1.54, 1.807) is 13.0 Å². The molecule has 3 aliphatic rings. The third-order valence-corrected chi connectivity index (χ3v) is 7.23. The number of aryl methyl sites for hydroxylation is 1. The van der Waals surface area contributed by atoms with Crippen molar-refractivity contribution in [1.82, 2.24) is 10.2 Å². The maximum absolute atomic E-state index is 13.6. The van der Waals surface area contributed by atoms with E-state index in [1.165, 1.54) is 4.90 Å². The molecule has 2 fully saturated rings. The van der Waals surface area contributed by atoms with Gasteiger partial charge in [-0.1, -0.05) is 48.0 Å². The van der Waals surface area contributed by atoms with Crippen LogP contribution in [0, 0.1) is 18.8 Å². The van der Waals surface area contributed by atoms with Gasteiger partial charge in [-0.25, -0.2) is 0 Å². The van der Waals surface area contributed by atoms with Crippen molar-refractivity contribution in [2.75, 3.05) is 11.9 Å². The molecule has 0 saturated carbocycles. The molecule has 32 heavy (non-hydrogen) atoms. The van der Waals surface area contributed by atoms with Crippen molar-refractivity contribution in [2.45, 2.75) is 38.0 Å². The number of halogens is 1. The Hall–Kier alpha value is -2.74. The van der Waals surface area contributed by atoms with Crippen LogP contribution < -0.4 is 10.6 Å². The van der Waals surface area contributed by atoms with Gasteiger partial charge >= 0.3 is 0 Å². The van der Waals surface area contributed by atoms with Crippen molar-refractivity contribution in [3.05, 3.63) is 64.2 Å². The smallest absolute Gasteiger partial charge is 0.250 e. The highest BCUT2D eigenvalue weighted by molar-refractivity contribution is 6.35. The van der Waals surface area contributed by atoms with Gasteiger partial charge in [-0.2, -0.15) is 0 Å². The molecular weight excluding hydrogens is 430 g/mol. The topological polar surface area (TPSA) is 98.7 Å². The number of amides is 3. The standard InChI is InChI=1S/C24H24ClN3O4/c1-12-10-15-20(16(25)11-12)26-23(32)24(15)18-17(19(27-24)13(2)29)21(30)28(22(18)31)9-8-14-6-4-3-5-7-14/h3-7,10-11,13,17-19,27,29H,8-9H2,1-2H3,(H,26,32)/t13-,17-,18-,19+,24+/m0/s1. The van der Waals surface area contributed by atoms with Crippen molar-refractivity contribution in [3.63, 3.8) is 0 Å². The number of hydrogen-bond donors (Lipinski definition) is 3. The van der Waals surface area contributed by atoms with E-state index in [0.717, 1.165) is 11.1 Å². The zero-order valence-electron chi connectivity index (χ0n) is 17.8. The first-order valence-corrected chi connectivity index (χ1v) is 11.1. The molecule has 0 aliphatic carbocycles. The van der Waals surface area contributed by atoms with Gasteiger partial charge in [0.15, 0.2) is 0 Å². The van der Waals surface area contributed by atoms with E-state index in [4.69, 9.17) is 11.6 Å². The highest BCUT2D eigenvalue weighted by Gasteiger charge is 2.71. The third kappa shape index (κ3) is 2.85. The van der Waals surface area contributed by atoms with Gasteiger partial charge in [0, 0.05) is 18.2 Å². The Morgan fingerprint density at radius 3 is 2.56 bits per heavy atom. The SMILES string of the molecule is Cc1cc(Cl)c2c(c1)[C@]1(N[C@H]([C@H](C)O)[C@H]3C(=O)N(CCc4ccccc4)C(=O)[C@H]31)C(=O)N2. The quantitative estimate of drug-likeness (QED) is 0.615. The summed E-state index contributed by atoms with van der Waals surface area (Å²) in [6, 6.07) is 12.4. The summed E-state index contributed by atoms with van der Waals surface area (Å²) in [4.78, 5) is 41.7. The summed E-state index contributed by atoms with van der Waals surface area (Å²) in [5.74, 6) is -2.97. The Morgan fingerprint density at radius 2 is 1.88 bits per heavy atom. The molecule has 3 amide bonds. The van der Waals surface area contributed by atoms with Crippen LogP contribution in [0.3, 0.4) is 0 Å². The van der Waals surface area contributed by atoms with Crippen LogP contribution in [-0.4, -0.2) is 46.4 Å². The van der Waals surface area contributed by atoms with Gasteiger partial charge in [-0.05, 0) is 37.5 Å². The highest BCUT2D eigenvalue weighted by Crippen LogP contribution is 2.54. The molecule has 7 nitrogen and oxygen atoms in total. The van der Waals surface area contributed by atoms with Crippen molar-refractivity contribution >= 4 is 35.0 Å². The van der Waals surface area contributed by atoms with Crippen LogP contribution in [0.15, 0.2) is 42.5 Å². The number of nitrogens with zero attached hydrogens (tertiary/aromatic N) is 1. The van der Waals surface area contributed by atoms with Crippen LogP contribution in [0.25, 0.3) is 0 Å². The van der Waals surface area contributed by atoms with Gasteiger partial charge in [-0.3, -0.25) is 24.6 Å². The number of nitrogens with one attached hydrogen (secondary N) is 2. The summed E-state index contributed by atoms with van der Waals surface area (Å²) in [5.41, 5.74) is 1.39. The number of likely N-dealkylation sites (tertiary alicyclic amines) is 1. The van der Waals surface area contributed by atoms with Crippen LogP contribution in [0.4, 0.5) is 5.69 Å². The largest absolute Gasteiger partial charge is 0.392 e. The molecule has 2 saturated heterocycles. The summed E-state index contributed by atoms with van der Waals surface area (Å²) in [5, 5.41) is 16.9. The van der Waals surface area contributed by atoms with E-state index in [2.05, 4.69) is 10.6 Å². The zero-order valence-corrected chi connectivity index (χ0v) is 18.5. The average Bonchev–Trinajstić information content (AvgIpc) is 3.34. The molecule has 0 radical (unpaired) electrons. The number of carbonyl (C=O) groups is 3. The Kier molecular flexibility index (Phi) is 4.89. The molecule has 3 aliphatic heterocycles. The Morgan fingerprint density at radius 1 is 1.16 bits per heavy atom. The van der Waals surface area contributed by atoms with Crippen molar-refractivity contribution < 1.29 is 19.5 Å². The molecule has 3 N–H and O–H groups in total. The first-order chi connectivity index (χ1) is 15.3. The van der Waals surface area contributed by atoms with Crippen molar-refractivity contribution in [2.24, 2.45) is 11.8 Å². The number of imide groups is 1. The minimum atomic E-state index is -1.45. The molecule has 8 heteroatoms. The van der Waals surface area contributed by atoms with Crippen molar-refractivity contribution in [1.29, 1.82) is 0 Å². The zero-order chi connectivity index (χ0) is 22.8. The molecule has 5 atom stereocenters.